The van der Waals surface area contributed by atoms with Gasteiger partial charge < -0.3 is 16.4 Å². The summed E-state index contributed by atoms with van der Waals surface area (Å²) in [5.41, 5.74) is 7.59. The lowest BCUT2D eigenvalue weighted by molar-refractivity contribution is -0.0632. The number of aromatic nitrogens is 3. The highest BCUT2D eigenvalue weighted by atomic mass is 19.3. The molecule has 0 bridgehead atoms. The van der Waals surface area contributed by atoms with Gasteiger partial charge in [0.15, 0.2) is 0 Å². The number of likely N-dealkylation sites (tertiary alicyclic amines) is 1. The number of nitrogen functional groups attached to an aromatic ring is 1. The summed E-state index contributed by atoms with van der Waals surface area (Å²) in [6.07, 6.45) is 5.25. The first kappa shape index (κ1) is 23.3. The molecule has 5 rings (SSSR count). The number of rotatable bonds is 8. The van der Waals surface area contributed by atoms with Crippen molar-refractivity contribution < 1.29 is 13.6 Å². The van der Waals surface area contributed by atoms with Crippen LogP contribution in [0.5, 0.6) is 0 Å². The van der Waals surface area contributed by atoms with Gasteiger partial charge in [-0.2, -0.15) is 0 Å². The number of alkyl halides is 2. The molecule has 3 heterocycles. The molecule has 2 aromatic heterocycles. The lowest BCUT2D eigenvalue weighted by Gasteiger charge is -2.37. The minimum atomic E-state index is -2.66. The molecular formula is C25H29F2N7O. The molecular weight excluding hydrogens is 452 g/mol. The third kappa shape index (κ3) is 5.64. The average Bonchev–Trinajstić information content (AvgIpc) is 3.68. The van der Waals surface area contributed by atoms with Crippen molar-refractivity contribution in [2.45, 2.75) is 37.6 Å². The molecule has 1 amide bonds. The topological polar surface area (TPSA) is 109 Å². The summed E-state index contributed by atoms with van der Waals surface area (Å²) in [6, 6.07) is 8.92. The predicted molar refractivity (Wildman–Crippen MR) is 130 cm³/mol. The standard InChI is InChI=1S/C25H29F2N7O/c26-25(27)8-10-34(11-9-25)21(17-13-31-24(28)32-14-17)15-30-23(35)19-2-1-3-20-18(19)6-7-22(33-20)29-12-16-4-5-16/h1-3,6-7,13-14,16,21H,4-5,8-12,15H2,(H,29,33)(H,30,35)(H2,28,31,32). The second-order valence-corrected chi connectivity index (χ2v) is 9.39. The number of anilines is 2. The Balaban J connectivity index is 1.31. The van der Waals surface area contributed by atoms with Gasteiger partial charge in [0.25, 0.3) is 11.8 Å². The van der Waals surface area contributed by atoms with Crippen LogP contribution in [0.2, 0.25) is 0 Å². The fraction of sp³-hybridized carbons (Fsp3) is 0.440. The fourth-order valence-corrected chi connectivity index (χ4v) is 4.45. The number of benzene rings is 1. The Bertz CT molecular complexity index is 1190. The van der Waals surface area contributed by atoms with Crippen molar-refractivity contribution in [3.63, 3.8) is 0 Å². The molecule has 1 atom stereocenters. The average molecular weight is 482 g/mol. The zero-order valence-corrected chi connectivity index (χ0v) is 19.4. The number of piperidine rings is 1. The summed E-state index contributed by atoms with van der Waals surface area (Å²) in [4.78, 5) is 27.9. The normalized spacial score (nSPS) is 18.8. The highest BCUT2D eigenvalue weighted by Gasteiger charge is 2.37. The largest absolute Gasteiger partial charge is 0.370 e. The SMILES string of the molecule is Nc1ncc(C(CNC(=O)c2cccc3nc(NCC4CC4)ccc23)N2CCC(F)(F)CC2)cn1. The first-order chi connectivity index (χ1) is 16.9. The number of hydrogen-bond acceptors (Lipinski definition) is 7. The van der Waals surface area contributed by atoms with Gasteiger partial charge in [0.05, 0.1) is 11.6 Å². The van der Waals surface area contributed by atoms with Crippen molar-refractivity contribution in [3.8, 4) is 0 Å². The maximum Gasteiger partial charge on any atom is 0.252 e. The Morgan fingerprint density at radius 3 is 2.60 bits per heavy atom. The number of halogens is 2. The summed E-state index contributed by atoms with van der Waals surface area (Å²) in [6.45, 7) is 1.57. The van der Waals surface area contributed by atoms with Crippen LogP contribution >= 0.6 is 0 Å². The molecule has 1 saturated carbocycles. The van der Waals surface area contributed by atoms with Crippen LogP contribution in [0.25, 0.3) is 10.9 Å². The van der Waals surface area contributed by atoms with E-state index in [1.807, 2.05) is 29.2 Å². The van der Waals surface area contributed by atoms with Crippen LogP contribution < -0.4 is 16.4 Å². The Kier molecular flexibility index (Phi) is 6.46. The van der Waals surface area contributed by atoms with Gasteiger partial charge in [0.2, 0.25) is 5.95 Å². The zero-order chi connectivity index (χ0) is 24.4. The van der Waals surface area contributed by atoms with E-state index in [1.165, 1.54) is 12.8 Å². The maximum atomic E-state index is 13.8. The lowest BCUT2D eigenvalue weighted by Crippen LogP contribution is -2.45. The van der Waals surface area contributed by atoms with Crippen molar-refractivity contribution in [3.05, 3.63) is 53.9 Å². The van der Waals surface area contributed by atoms with E-state index >= 15 is 0 Å². The van der Waals surface area contributed by atoms with Gasteiger partial charge in [0, 0.05) is 67.9 Å². The summed E-state index contributed by atoms with van der Waals surface area (Å²) in [5.74, 6) is -1.25. The number of hydrogen-bond donors (Lipinski definition) is 3. The van der Waals surface area contributed by atoms with Gasteiger partial charge >= 0.3 is 0 Å². The highest BCUT2D eigenvalue weighted by Crippen LogP contribution is 2.32. The number of carbonyl (C=O) groups excluding carboxylic acids is 1. The molecule has 2 fully saturated rings. The van der Waals surface area contributed by atoms with E-state index in [2.05, 4.69) is 25.6 Å². The van der Waals surface area contributed by atoms with E-state index in [0.717, 1.165) is 34.7 Å². The Morgan fingerprint density at radius 1 is 1.14 bits per heavy atom. The van der Waals surface area contributed by atoms with Crippen LogP contribution in [0, 0.1) is 5.92 Å². The van der Waals surface area contributed by atoms with Crippen molar-refractivity contribution in [1.82, 2.24) is 25.2 Å². The van der Waals surface area contributed by atoms with Gasteiger partial charge in [0.1, 0.15) is 5.82 Å². The summed E-state index contributed by atoms with van der Waals surface area (Å²) < 4.78 is 27.5. The molecule has 0 spiro atoms. The monoisotopic (exact) mass is 481 g/mol. The Hall–Kier alpha value is -3.40. The molecule has 1 aliphatic carbocycles. The second kappa shape index (κ2) is 9.69. The van der Waals surface area contributed by atoms with Crippen LogP contribution in [0.4, 0.5) is 20.5 Å². The van der Waals surface area contributed by atoms with E-state index in [-0.39, 0.29) is 50.4 Å². The quantitative estimate of drug-likeness (QED) is 0.451. The van der Waals surface area contributed by atoms with Crippen LogP contribution in [0.3, 0.4) is 0 Å². The van der Waals surface area contributed by atoms with Crippen LogP contribution in [-0.4, -0.2) is 57.9 Å². The first-order valence-corrected chi connectivity index (χ1v) is 12.0. The third-order valence-electron chi connectivity index (χ3n) is 6.75. The number of fused-ring (bicyclic) bond motifs is 1. The molecule has 2 aliphatic rings. The van der Waals surface area contributed by atoms with Gasteiger partial charge in [-0.15, -0.1) is 0 Å². The summed E-state index contributed by atoms with van der Waals surface area (Å²) in [7, 11) is 0. The highest BCUT2D eigenvalue weighted by molar-refractivity contribution is 6.06. The van der Waals surface area contributed by atoms with E-state index < -0.39 is 5.92 Å². The van der Waals surface area contributed by atoms with E-state index in [1.54, 1.807) is 18.5 Å². The Labute approximate surface area is 202 Å². The van der Waals surface area contributed by atoms with E-state index in [9.17, 15) is 13.6 Å². The summed E-state index contributed by atoms with van der Waals surface area (Å²) in [5, 5.41) is 7.10. The van der Waals surface area contributed by atoms with E-state index in [4.69, 9.17) is 5.73 Å². The number of nitrogens with two attached hydrogens (primary N) is 1. The number of amides is 1. The minimum absolute atomic E-state index is 0.135. The number of pyridine rings is 1. The second-order valence-electron chi connectivity index (χ2n) is 9.39. The third-order valence-corrected chi connectivity index (χ3v) is 6.75. The molecule has 1 saturated heterocycles. The smallest absolute Gasteiger partial charge is 0.252 e. The van der Waals surface area contributed by atoms with Crippen LogP contribution in [0.15, 0.2) is 42.7 Å². The molecule has 8 nitrogen and oxygen atoms in total. The maximum absolute atomic E-state index is 13.8. The van der Waals surface area contributed by atoms with E-state index in [0.29, 0.717) is 5.56 Å². The van der Waals surface area contributed by atoms with Crippen molar-refractivity contribution >= 4 is 28.6 Å². The number of nitrogens with one attached hydrogen (secondary N) is 2. The molecule has 4 N–H and O–H groups in total. The molecule has 1 aromatic carbocycles. The van der Waals surface area contributed by atoms with Crippen molar-refractivity contribution in [1.29, 1.82) is 0 Å². The number of nitrogens with zero attached hydrogens (tertiary/aromatic N) is 4. The molecule has 1 unspecified atom stereocenters. The molecule has 35 heavy (non-hydrogen) atoms. The lowest BCUT2D eigenvalue weighted by atomic mass is 10.0. The van der Waals surface area contributed by atoms with Gasteiger partial charge in [-0.1, -0.05) is 6.07 Å². The van der Waals surface area contributed by atoms with Gasteiger partial charge in [-0.05, 0) is 43.0 Å². The van der Waals surface area contributed by atoms with Crippen LogP contribution in [-0.2, 0) is 0 Å². The zero-order valence-electron chi connectivity index (χ0n) is 19.4. The Morgan fingerprint density at radius 2 is 1.89 bits per heavy atom. The predicted octanol–water partition coefficient (Wildman–Crippen LogP) is 3.63. The van der Waals surface area contributed by atoms with Gasteiger partial charge in [-0.3, -0.25) is 9.69 Å². The number of carbonyl (C=O) groups is 1. The minimum Gasteiger partial charge on any atom is -0.370 e. The molecule has 184 valence electrons. The molecule has 1 aliphatic heterocycles. The molecule has 10 heteroatoms. The fourth-order valence-electron chi connectivity index (χ4n) is 4.45. The summed E-state index contributed by atoms with van der Waals surface area (Å²) >= 11 is 0. The van der Waals surface area contributed by atoms with Crippen molar-refractivity contribution in [2.75, 3.05) is 37.2 Å². The molecule has 3 aromatic rings. The molecule has 0 radical (unpaired) electrons. The van der Waals surface area contributed by atoms with Crippen molar-refractivity contribution in [2.24, 2.45) is 5.92 Å². The first-order valence-electron chi connectivity index (χ1n) is 12.0. The van der Waals surface area contributed by atoms with Crippen LogP contribution in [0.1, 0.15) is 47.6 Å². The van der Waals surface area contributed by atoms with Gasteiger partial charge in [-0.25, -0.2) is 23.7 Å².